The summed E-state index contributed by atoms with van der Waals surface area (Å²) in [6, 6.07) is 9.91. The number of thioether (sulfide) groups is 1. The predicted molar refractivity (Wildman–Crippen MR) is 82.2 cm³/mol. The van der Waals surface area contributed by atoms with Crippen molar-refractivity contribution in [3.63, 3.8) is 0 Å². The number of para-hydroxylation sites is 1. The summed E-state index contributed by atoms with van der Waals surface area (Å²) in [4.78, 5) is 11.5. The Bertz CT molecular complexity index is 541. The van der Waals surface area contributed by atoms with Crippen LogP contribution in [0.4, 0.5) is 5.69 Å². The van der Waals surface area contributed by atoms with Crippen LogP contribution in [-0.4, -0.2) is 10.8 Å². The third-order valence-corrected chi connectivity index (χ3v) is 3.71. The summed E-state index contributed by atoms with van der Waals surface area (Å²) >= 11 is 1.40. The standard InChI is InChI=1S/C15H18N2OS/c1-11(18)14-16-17(12-8-6-5-7-9-12)13(10-19-14)15(2,3)4/h5-10H,1-4H3. The zero-order valence-corrected chi connectivity index (χ0v) is 12.5. The molecule has 0 spiro atoms. The van der Waals surface area contributed by atoms with Crippen LogP contribution in [0.3, 0.4) is 0 Å². The number of Topliss-reactive ketones (excluding diaryl/α,β-unsaturated/α-hetero) is 1. The molecule has 1 heterocycles. The van der Waals surface area contributed by atoms with Crippen molar-refractivity contribution in [2.24, 2.45) is 10.5 Å². The van der Waals surface area contributed by atoms with Crippen molar-refractivity contribution in [2.75, 3.05) is 5.01 Å². The Balaban J connectivity index is 2.45. The first-order chi connectivity index (χ1) is 8.89. The van der Waals surface area contributed by atoms with Gasteiger partial charge in [0.1, 0.15) is 0 Å². The van der Waals surface area contributed by atoms with Crippen molar-refractivity contribution in [3.8, 4) is 0 Å². The van der Waals surface area contributed by atoms with Crippen molar-refractivity contribution in [1.29, 1.82) is 0 Å². The van der Waals surface area contributed by atoms with E-state index in [1.165, 1.54) is 11.8 Å². The van der Waals surface area contributed by atoms with Gasteiger partial charge in [-0.2, -0.15) is 5.10 Å². The average molecular weight is 274 g/mol. The van der Waals surface area contributed by atoms with E-state index in [4.69, 9.17) is 0 Å². The summed E-state index contributed by atoms with van der Waals surface area (Å²) in [6.45, 7) is 7.97. The van der Waals surface area contributed by atoms with Crippen LogP contribution in [0, 0.1) is 5.41 Å². The molecule has 0 saturated heterocycles. The number of hydrogen-bond donors (Lipinski definition) is 0. The highest BCUT2D eigenvalue weighted by atomic mass is 32.2. The van der Waals surface area contributed by atoms with Crippen LogP contribution in [0.2, 0.25) is 0 Å². The van der Waals surface area contributed by atoms with E-state index >= 15 is 0 Å². The quantitative estimate of drug-likeness (QED) is 0.816. The van der Waals surface area contributed by atoms with Gasteiger partial charge in [-0.25, -0.2) is 5.01 Å². The third kappa shape index (κ3) is 3.07. The molecule has 19 heavy (non-hydrogen) atoms. The lowest BCUT2D eigenvalue weighted by atomic mass is 9.92. The second kappa shape index (κ2) is 5.21. The van der Waals surface area contributed by atoms with E-state index in [0.29, 0.717) is 5.04 Å². The summed E-state index contributed by atoms with van der Waals surface area (Å²) in [5.74, 6) is -0.00450. The maximum absolute atomic E-state index is 11.5. The topological polar surface area (TPSA) is 32.7 Å². The highest BCUT2D eigenvalue weighted by Gasteiger charge is 2.28. The Morgan fingerprint density at radius 2 is 1.84 bits per heavy atom. The molecule has 3 nitrogen and oxygen atoms in total. The zero-order chi connectivity index (χ0) is 14.0. The highest BCUT2D eigenvalue weighted by molar-refractivity contribution is 8.18. The molecule has 0 aliphatic carbocycles. The highest BCUT2D eigenvalue weighted by Crippen LogP contribution is 2.37. The summed E-state index contributed by atoms with van der Waals surface area (Å²) in [5, 5.41) is 8.91. The molecule has 1 aliphatic heterocycles. The molecule has 0 aromatic heterocycles. The molecule has 0 atom stereocenters. The predicted octanol–water partition coefficient (Wildman–Crippen LogP) is 4.03. The second-order valence-corrected chi connectivity index (χ2v) is 6.34. The van der Waals surface area contributed by atoms with Gasteiger partial charge in [0.15, 0.2) is 10.8 Å². The molecule has 0 radical (unpaired) electrons. The molecule has 0 amide bonds. The van der Waals surface area contributed by atoms with E-state index in [1.54, 1.807) is 6.92 Å². The van der Waals surface area contributed by atoms with Crippen LogP contribution in [-0.2, 0) is 4.79 Å². The normalized spacial score (nSPS) is 15.9. The van der Waals surface area contributed by atoms with E-state index in [2.05, 4.69) is 25.9 Å². The molecule has 100 valence electrons. The van der Waals surface area contributed by atoms with Gasteiger partial charge in [0, 0.05) is 12.3 Å². The lowest BCUT2D eigenvalue weighted by Crippen LogP contribution is -2.30. The number of carbonyl (C=O) groups is 1. The van der Waals surface area contributed by atoms with E-state index in [9.17, 15) is 4.79 Å². The first kappa shape index (κ1) is 13.9. The van der Waals surface area contributed by atoms with Crippen LogP contribution in [0.5, 0.6) is 0 Å². The largest absolute Gasteiger partial charge is 0.292 e. The van der Waals surface area contributed by atoms with Crippen molar-refractivity contribution in [2.45, 2.75) is 27.7 Å². The molecule has 0 bridgehead atoms. The van der Waals surface area contributed by atoms with Gasteiger partial charge in [0.25, 0.3) is 0 Å². The van der Waals surface area contributed by atoms with Crippen LogP contribution in [0.25, 0.3) is 0 Å². The number of allylic oxidation sites excluding steroid dienone is 1. The SMILES string of the molecule is CC(=O)C1=NN(c2ccccc2)C(C(C)(C)C)=CS1. The number of carbonyl (C=O) groups excluding carboxylic acids is 1. The van der Waals surface area contributed by atoms with Gasteiger partial charge in [-0.1, -0.05) is 50.7 Å². The van der Waals surface area contributed by atoms with Gasteiger partial charge in [-0.15, -0.1) is 0 Å². The second-order valence-electron chi connectivity index (χ2n) is 5.48. The van der Waals surface area contributed by atoms with Crippen LogP contribution in [0.1, 0.15) is 27.7 Å². The molecular formula is C15H18N2OS. The van der Waals surface area contributed by atoms with Gasteiger partial charge >= 0.3 is 0 Å². The lowest BCUT2D eigenvalue weighted by molar-refractivity contribution is -0.110. The molecule has 1 aromatic rings. The van der Waals surface area contributed by atoms with Crippen LogP contribution < -0.4 is 5.01 Å². The molecule has 2 rings (SSSR count). The van der Waals surface area contributed by atoms with E-state index in [0.717, 1.165) is 11.4 Å². The Hall–Kier alpha value is -1.55. The Morgan fingerprint density at radius 3 is 2.37 bits per heavy atom. The molecular weight excluding hydrogens is 256 g/mol. The fourth-order valence-corrected chi connectivity index (χ4v) is 2.72. The van der Waals surface area contributed by atoms with Crippen LogP contribution >= 0.6 is 11.8 Å². The first-order valence-electron chi connectivity index (χ1n) is 6.21. The Morgan fingerprint density at radius 1 is 1.21 bits per heavy atom. The molecule has 0 saturated carbocycles. The lowest BCUT2D eigenvalue weighted by Gasteiger charge is -2.34. The van der Waals surface area contributed by atoms with Crippen molar-refractivity contribution in [3.05, 3.63) is 41.4 Å². The summed E-state index contributed by atoms with van der Waals surface area (Å²) in [5.41, 5.74) is 2.03. The average Bonchev–Trinajstić information content (AvgIpc) is 2.38. The molecule has 4 heteroatoms. The number of benzene rings is 1. The summed E-state index contributed by atoms with van der Waals surface area (Å²) < 4.78 is 0. The number of hydrogen-bond acceptors (Lipinski definition) is 4. The van der Waals surface area contributed by atoms with E-state index in [-0.39, 0.29) is 11.2 Å². The van der Waals surface area contributed by atoms with Crippen molar-refractivity contribution < 1.29 is 4.79 Å². The maximum atomic E-state index is 11.5. The third-order valence-electron chi connectivity index (χ3n) is 2.77. The van der Waals surface area contributed by atoms with Gasteiger partial charge in [0.05, 0.1) is 11.4 Å². The molecule has 1 aliphatic rings. The molecule has 0 fully saturated rings. The first-order valence-corrected chi connectivity index (χ1v) is 7.09. The van der Waals surface area contributed by atoms with Crippen molar-refractivity contribution in [1.82, 2.24) is 0 Å². The maximum Gasteiger partial charge on any atom is 0.186 e. The monoisotopic (exact) mass is 274 g/mol. The Labute approximate surface area is 118 Å². The minimum absolute atomic E-state index is 0.00450. The minimum atomic E-state index is -0.0331. The summed E-state index contributed by atoms with van der Waals surface area (Å²) in [7, 11) is 0. The number of nitrogens with zero attached hydrogens (tertiary/aromatic N) is 2. The number of ketones is 1. The Kier molecular flexibility index (Phi) is 3.80. The van der Waals surface area contributed by atoms with E-state index < -0.39 is 0 Å². The number of anilines is 1. The number of rotatable bonds is 2. The fraction of sp³-hybridized carbons (Fsp3) is 0.333. The minimum Gasteiger partial charge on any atom is -0.292 e. The fourth-order valence-electron chi connectivity index (χ4n) is 1.74. The zero-order valence-electron chi connectivity index (χ0n) is 11.7. The van der Waals surface area contributed by atoms with Gasteiger partial charge in [0.2, 0.25) is 0 Å². The van der Waals surface area contributed by atoms with Gasteiger partial charge in [-0.05, 0) is 17.5 Å². The van der Waals surface area contributed by atoms with E-state index in [1.807, 2.05) is 40.7 Å². The van der Waals surface area contributed by atoms with Gasteiger partial charge < -0.3 is 0 Å². The van der Waals surface area contributed by atoms with Crippen molar-refractivity contribution >= 4 is 28.3 Å². The van der Waals surface area contributed by atoms with Gasteiger partial charge in [-0.3, -0.25) is 4.79 Å². The molecule has 0 unspecified atom stereocenters. The molecule has 0 N–H and O–H groups in total. The van der Waals surface area contributed by atoms with Crippen LogP contribution in [0.15, 0.2) is 46.5 Å². The smallest absolute Gasteiger partial charge is 0.186 e. The molecule has 1 aromatic carbocycles. The number of hydrazone groups is 1. The summed E-state index contributed by atoms with van der Waals surface area (Å²) in [6.07, 6.45) is 0.